The molecule has 0 bridgehead atoms. The van der Waals surface area contributed by atoms with E-state index in [0.717, 1.165) is 49.1 Å². The Morgan fingerprint density at radius 2 is 2.20 bits per heavy atom. The largest absolute Gasteiger partial charge is 0.381 e. The number of hydrogen-bond donors (Lipinski definition) is 2. The number of halogens is 1. The Hall–Kier alpha value is -1.03. The molecule has 1 atom stereocenters. The van der Waals surface area contributed by atoms with Gasteiger partial charge in [-0.15, -0.1) is 0 Å². The van der Waals surface area contributed by atoms with E-state index in [2.05, 4.69) is 29.5 Å². The molecular formula is C16H21ClN2O. The minimum absolute atomic E-state index is 0.524. The van der Waals surface area contributed by atoms with E-state index in [0.29, 0.717) is 6.04 Å². The number of benzene rings is 1. The highest BCUT2D eigenvalue weighted by Gasteiger charge is 2.20. The number of aromatic nitrogens is 1. The van der Waals surface area contributed by atoms with Crippen LogP contribution in [0.4, 0.5) is 0 Å². The molecule has 2 heterocycles. The Morgan fingerprint density at radius 3 is 3.00 bits per heavy atom. The van der Waals surface area contributed by atoms with Crippen LogP contribution < -0.4 is 5.32 Å². The summed E-state index contributed by atoms with van der Waals surface area (Å²) in [5, 5.41) is 5.68. The lowest BCUT2D eigenvalue weighted by molar-refractivity contribution is 0.0558. The van der Waals surface area contributed by atoms with Crippen LogP contribution in [-0.2, 0) is 11.3 Å². The summed E-state index contributed by atoms with van der Waals surface area (Å²) in [4.78, 5) is 3.29. The van der Waals surface area contributed by atoms with E-state index >= 15 is 0 Å². The summed E-state index contributed by atoms with van der Waals surface area (Å²) >= 11 is 6.01. The van der Waals surface area contributed by atoms with Gasteiger partial charge in [-0.25, -0.2) is 0 Å². The fourth-order valence-corrected chi connectivity index (χ4v) is 3.13. The van der Waals surface area contributed by atoms with Crippen LogP contribution >= 0.6 is 11.6 Å². The van der Waals surface area contributed by atoms with Gasteiger partial charge in [-0.05, 0) is 43.4 Å². The van der Waals surface area contributed by atoms with Crippen LogP contribution in [-0.4, -0.2) is 24.2 Å². The van der Waals surface area contributed by atoms with Crippen molar-refractivity contribution >= 4 is 22.5 Å². The van der Waals surface area contributed by atoms with Crippen LogP contribution in [0.5, 0.6) is 0 Å². The summed E-state index contributed by atoms with van der Waals surface area (Å²) in [5.41, 5.74) is 2.41. The van der Waals surface area contributed by atoms with Crippen LogP contribution in [0.2, 0.25) is 5.02 Å². The van der Waals surface area contributed by atoms with E-state index in [-0.39, 0.29) is 0 Å². The fourth-order valence-electron chi connectivity index (χ4n) is 2.96. The maximum absolute atomic E-state index is 6.01. The monoisotopic (exact) mass is 292 g/mol. The first-order chi connectivity index (χ1) is 9.74. The predicted octanol–water partition coefficient (Wildman–Crippen LogP) is 3.73. The summed E-state index contributed by atoms with van der Waals surface area (Å²) in [7, 11) is 0. The molecule has 1 aliphatic heterocycles. The summed E-state index contributed by atoms with van der Waals surface area (Å²) in [5.74, 6) is 0.725. The maximum Gasteiger partial charge on any atom is 0.0472 e. The Kier molecular flexibility index (Phi) is 4.29. The average Bonchev–Trinajstić information content (AvgIpc) is 2.88. The molecule has 1 fully saturated rings. The molecule has 1 aromatic carbocycles. The Morgan fingerprint density at radius 1 is 1.40 bits per heavy atom. The summed E-state index contributed by atoms with van der Waals surface area (Å²) in [6.45, 7) is 4.98. The molecule has 1 aliphatic rings. The van der Waals surface area contributed by atoms with Crippen molar-refractivity contribution in [3.8, 4) is 0 Å². The van der Waals surface area contributed by atoms with E-state index in [9.17, 15) is 0 Å². The third kappa shape index (κ3) is 3.00. The van der Waals surface area contributed by atoms with Crippen LogP contribution in [0.25, 0.3) is 10.9 Å². The van der Waals surface area contributed by atoms with Gasteiger partial charge in [0.25, 0.3) is 0 Å². The fraction of sp³-hybridized carbons (Fsp3) is 0.500. The third-order valence-electron chi connectivity index (χ3n) is 4.32. The molecule has 2 aromatic rings. The average molecular weight is 293 g/mol. The Labute approximate surface area is 124 Å². The van der Waals surface area contributed by atoms with Gasteiger partial charge in [0.1, 0.15) is 0 Å². The number of fused-ring (bicyclic) bond motifs is 1. The van der Waals surface area contributed by atoms with Crippen molar-refractivity contribution in [1.29, 1.82) is 0 Å². The highest BCUT2D eigenvalue weighted by atomic mass is 35.5. The summed E-state index contributed by atoms with van der Waals surface area (Å²) < 4.78 is 5.42. The van der Waals surface area contributed by atoms with Crippen molar-refractivity contribution < 1.29 is 4.74 Å². The number of aromatic amines is 1. The molecule has 0 radical (unpaired) electrons. The second-order valence-corrected chi connectivity index (χ2v) is 6.06. The van der Waals surface area contributed by atoms with Crippen LogP contribution in [0.15, 0.2) is 24.4 Å². The van der Waals surface area contributed by atoms with Crippen molar-refractivity contribution in [1.82, 2.24) is 10.3 Å². The number of ether oxygens (including phenoxy) is 1. The zero-order chi connectivity index (χ0) is 13.9. The summed E-state index contributed by atoms with van der Waals surface area (Å²) in [6.07, 6.45) is 4.40. The first-order valence-corrected chi connectivity index (χ1v) is 7.68. The topological polar surface area (TPSA) is 37.0 Å². The molecule has 3 nitrogen and oxygen atoms in total. The lowest BCUT2D eigenvalue weighted by Crippen LogP contribution is -2.36. The van der Waals surface area contributed by atoms with E-state index < -0.39 is 0 Å². The highest BCUT2D eigenvalue weighted by Crippen LogP contribution is 2.23. The molecule has 0 aliphatic carbocycles. The Bertz CT molecular complexity index is 575. The molecule has 2 N–H and O–H groups in total. The van der Waals surface area contributed by atoms with Crippen molar-refractivity contribution in [2.45, 2.75) is 32.4 Å². The number of hydrogen-bond acceptors (Lipinski definition) is 2. The lowest BCUT2D eigenvalue weighted by atomic mass is 9.93. The predicted molar refractivity (Wildman–Crippen MR) is 83.2 cm³/mol. The standard InChI is InChI=1S/C16H21ClN2O/c1-11(12-4-6-20-7-5-12)18-9-13-10-19-16-8-14(17)2-3-15(13)16/h2-3,8,10-12,18-19H,4-7,9H2,1H3. The van der Waals surface area contributed by atoms with Crippen LogP contribution in [0, 0.1) is 5.92 Å². The maximum atomic E-state index is 6.01. The van der Waals surface area contributed by atoms with Crippen molar-refractivity contribution in [2.24, 2.45) is 5.92 Å². The van der Waals surface area contributed by atoms with E-state index in [1.54, 1.807) is 0 Å². The van der Waals surface area contributed by atoms with Crippen LogP contribution in [0.3, 0.4) is 0 Å². The minimum Gasteiger partial charge on any atom is -0.381 e. The minimum atomic E-state index is 0.524. The molecule has 1 unspecified atom stereocenters. The zero-order valence-corrected chi connectivity index (χ0v) is 12.5. The quantitative estimate of drug-likeness (QED) is 0.901. The lowest BCUT2D eigenvalue weighted by Gasteiger charge is -2.28. The molecular weight excluding hydrogens is 272 g/mol. The van der Waals surface area contributed by atoms with Crippen molar-refractivity contribution in [3.63, 3.8) is 0 Å². The first kappa shape index (κ1) is 13.9. The number of H-pyrrole nitrogens is 1. The molecule has 108 valence electrons. The van der Waals surface area contributed by atoms with Crippen molar-refractivity contribution in [3.05, 3.63) is 35.0 Å². The van der Waals surface area contributed by atoms with Gasteiger partial charge in [0.15, 0.2) is 0 Å². The van der Waals surface area contributed by atoms with E-state index in [1.807, 2.05) is 12.1 Å². The van der Waals surface area contributed by atoms with Gasteiger partial charge in [0, 0.05) is 47.9 Å². The van der Waals surface area contributed by atoms with E-state index in [4.69, 9.17) is 16.3 Å². The highest BCUT2D eigenvalue weighted by molar-refractivity contribution is 6.31. The van der Waals surface area contributed by atoms with Gasteiger partial charge in [0.2, 0.25) is 0 Å². The first-order valence-electron chi connectivity index (χ1n) is 7.30. The van der Waals surface area contributed by atoms with Gasteiger partial charge >= 0.3 is 0 Å². The van der Waals surface area contributed by atoms with Crippen LogP contribution in [0.1, 0.15) is 25.3 Å². The van der Waals surface area contributed by atoms with E-state index in [1.165, 1.54) is 10.9 Å². The van der Waals surface area contributed by atoms with Gasteiger partial charge < -0.3 is 15.0 Å². The molecule has 20 heavy (non-hydrogen) atoms. The molecule has 4 heteroatoms. The smallest absolute Gasteiger partial charge is 0.0472 e. The van der Waals surface area contributed by atoms with Gasteiger partial charge in [-0.1, -0.05) is 17.7 Å². The molecule has 0 saturated carbocycles. The third-order valence-corrected chi connectivity index (χ3v) is 4.55. The van der Waals surface area contributed by atoms with Crippen molar-refractivity contribution in [2.75, 3.05) is 13.2 Å². The van der Waals surface area contributed by atoms with Gasteiger partial charge in [-0.2, -0.15) is 0 Å². The Balaban J connectivity index is 1.64. The normalized spacial score (nSPS) is 18.5. The molecule has 3 rings (SSSR count). The summed E-state index contributed by atoms with van der Waals surface area (Å²) in [6, 6.07) is 6.53. The molecule has 0 spiro atoms. The number of rotatable bonds is 4. The second-order valence-electron chi connectivity index (χ2n) is 5.62. The number of nitrogens with one attached hydrogen (secondary N) is 2. The molecule has 1 aromatic heterocycles. The second kappa shape index (κ2) is 6.17. The zero-order valence-electron chi connectivity index (χ0n) is 11.8. The SMILES string of the molecule is CC(NCc1c[nH]c2cc(Cl)ccc12)C1CCOCC1. The van der Waals surface area contributed by atoms with Gasteiger partial charge in [-0.3, -0.25) is 0 Å². The molecule has 0 amide bonds. The van der Waals surface area contributed by atoms with Gasteiger partial charge in [0.05, 0.1) is 0 Å². The molecule has 1 saturated heterocycles.